The SMILES string of the molecule is CCOC(=O)c1csc(C(C)Nc2ccnc3ncnn23)n1. The summed E-state index contributed by atoms with van der Waals surface area (Å²) in [5.74, 6) is 0.867. The number of nitrogens with one attached hydrogen (secondary N) is 1. The van der Waals surface area contributed by atoms with Crippen molar-refractivity contribution in [2.75, 3.05) is 11.9 Å². The molecule has 1 N–H and O–H groups in total. The van der Waals surface area contributed by atoms with Crippen molar-refractivity contribution in [1.82, 2.24) is 24.6 Å². The third-order valence-corrected chi connectivity index (χ3v) is 3.95. The van der Waals surface area contributed by atoms with Gasteiger partial charge in [0.05, 0.1) is 12.6 Å². The number of anilines is 1. The van der Waals surface area contributed by atoms with E-state index in [-0.39, 0.29) is 6.04 Å². The van der Waals surface area contributed by atoms with E-state index in [1.165, 1.54) is 17.7 Å². The molecule has 0 saturated heterocycles. The number of aromatic nitrogens is 5. The van der Waals surface area contributed by atoms with Gasteiger partial charge >= 0.3 is 5.97 Å². The van der Waals surface area contributed by atoms with Gasteiger partial charge in [0.25, 0.3) is 5.78 Å². The molecule has 8 nitrogen and oxygen atoms in total. The van der Waals surface area contributed by atoms with E-state index in [4.69, 9.17) is 4.74 Å². The molecule has 0 bridgehead atoms. The van der Waals surface area contributed by atoms with Gasteiger partial charge in [-0.1, -0.05) is 0 Å². The minimum atomic E-state index is -0.403. The second-order valence-electron chi connectivity index (χ2n) is 4.46. The van der Waals surface area contributed by atoms with Crippen molar-refractivity contribution in [2.24, 2.45) is 0 Å². The zero-order valence-corrected chi connectivity index (χ0v) is 12.9. The minimum absolute atomic E-state index is 0.0945. The van der Waals surface area contributed by atoms with Crippen LogP contribution in [-0.4, -0.2) is 37.1 Å². The first kappa shape index (κ1) is 14.4. The summed E-state index contributed by atoms with van der Waals surface area (Å²) in [7, 11) is 0. The van der Waals surface area contributed by atoms with Crippen LogP contribution in [0.25, 0.3) is 5.78 Å². The van der Waals surface area contributed by atoms with Crippen molar-refractivity contribution in [3.63, 3.8) is 0 Å². The van der Waals surface area contributed by atoms with Crippen LogP contribution in [0, 0.1) is 0 Å². The smallest absolute Gasteiger partial charge is 0.357 e. The van der Waals surface area contributed by atoms with Crippen molar-refractivity contribution in [3.05, 3.63) is 34.7 Å². The summed E-state index contributed by atoms with van der Waals surface area (Å²) in [6.45, 7) is 4.06. The molecule has 1 unspecified atom stereocenters. The quantitative estimate of drug-likeness (QED) is 0.718. The van der Waals surface area contributed by atoms with Gasteiger partial charge in [0.1, 0.15) is 17.2 Å². The summed E-state index contributed by atoms with van der Waals surface area (Å²) < 4.78 is 6.55. The Kier molecular flexibility index (Phi) is 3.96. The van der Waals surface area contributed by atoms with Gasteiger partial charge in [0, 0.05) is 11.6 Å². The highest BCUT2D eigenvalue weighted by atomic mass is 32.1. The zero-order valence-electron chi connectivity index (χ0n) is 12.1. The van der Waals surface area contributed by atoms with Crippen LogP contribution in [0.5, 0.6) is 0 Å². The van der Waals surface area contributed by atoms with E-state index >= 15 is 0 Å². The Morgan fingerprint density at radius 1 is 1.50 bits per heavy atom. The second-order valence-corrected chi connectivity index (χ2v) is 5.35. The molecular weight excluding hydrogens is 304 g/mol. The maximum atomic E-state index is 11.6. The first-order chi connectivity index (χ1) is 10.7. The highest BCUT2D eigenvalue weighted by Gasteiger charge is 2.16. The van der Waals surface area contributed by atoms with Gasteiger partial charge in [-0.05, 0) is 19.9 Å². The van der Waals surface area contributed by atoms with E-state index in [0.717, 1.165) is 10.8 Å². The molecular formula is C13H14N6O2S. The average Bonchev–Trinajstić information content (AvgIpc) is 3.17. The van der Waals surface area contributed by atoms with Gasteiger partial charge in [-0.15, -0.1) is 11.3 Å². The van der Waals surface area contributed by atoms with Crippen molar-refractivity contribution in [1.29, 1.82) is 0 Å². The second kappa shape index (κ2) is 6.06. The summed E-state index contributed by atoms with van der Waals surface area (Å²) in [6, 6.07) is 1.71. The number of rotatable bonds is 5. The van der Waals surface area contributed by atoms with Crippen LogP contribution in [0.4, 0.5) is 5.82 Å². The standard InChI is InChI=1S/C13H14N6O2S/c1-3-21-12(20)9-6-22-11(18-9)8(2)17-10-4-5-14-13-15-7-16-19(10)13/h4-8,17H,3H2,1-2H3. The predicted molar refractivity (Wildman–Crippen MR) is 80.9 cm³/mol. The molecule has 0 aliphatic heterocycles. The number of nitrogens with zero attached hydrogens (tertiary/aromatic N) is 5. The van der Waals surface area contributed by atoms with Gasteiger partial charge in [0.15, 0.2) is 5.69 Å². The maximum absolute atomic E-state index is 11.6. The maximum Gasteiger partial charge on any atom is 0.357 e. The largest absolute Gasteiger partial charge is 0.461 e. The number of thiazole rings is 1. The van der Waals surface area contributed by atoms with E-state index in [0.29, 0.717) is 18.1 Å². The van der Waals surface area contributed by atoms with Crippen LogP contribution in [0.2, 0.25) is 0 Å². The van der Waals surface area contributed by atoms with Gasteiger partial charge in [0.2, 0.25) is 0 Å². The fourth-order valence-electron chi connectivity index (χ4n) is 1.92. The third kappa shape index (κ3) is 2.75. The lowest BCUT2D eigenvalue weighted by Crippen LogP contribution is -2.11. The Labute approximate surface area is 130 Å². The number of carbonyl (C=O) groups is 1. The fourth-order valence-corrected chi connectivity index (χ4v) is 2.71. The van der Waals surface area contributed by atoms with E-state index < -0.39 is 5.97 Å². The first-order valence-electron chi connectivity index (χ1n) is 6.73. The Balaban J connectivity index is 1.78. The number of esters is 1. The Hall–Kier alpha value is -2.55. The molecule has 3 heterocycles. The summed E-state index contributed by atoms with van der Waals surface area (Å²) in [5, 5.41) is 9.88. The van der Waals surface area contributed by atoms with Crippen LogP contribution >= 0.6 is 11.3 Å². The molecule has 0 amide bonds. The van der Waals surface area contributed by atoms with Crippen LogP contribution in [0.1, 0.15) is 35.4 Å². The van der Waals surface area contributed by atoms with E-state index in [1.54, 1.807) is 29.1 Å². The van der Waals surface area contributed by atoms with E-state index in [2.05, 4.69) is 25.4 Å². The summed E-state index contributed by atoms with van der Waals surface area (Å²) in [5.41, 5.74) is 0.330. The zero-order chi connectivity index (χ0) is 15.5. The van der Waals surface area contributed by atoms with Gasteiger partial charge in [-0.25, -0.2) is 14.8 Å². The van der Waals surface area contributed by atoms with Crippen molar-refractivity contribution in [3.8, 4) is 0 Å². The molecule has 3 aromatic rings. The van der Waals surface area contributed by atoms with E-state index in [1.807, 2.05) is 6.92 Å². The molecule has 0 saturated carbocycles. The van der Waals surface area contributed by atoms with Crippen LogP contribution in [-0.2, 0) is 4.74 Å². The highest BCUT2D eigenvalue weighted by Crippen LogP contribution is 2.22. The lowest BCUT2D eigenvalue weighted by Gasteiger charge is -2.12. The molecule has 0 spiro atoms. The van der Waals surface area contributed by atoms with Crippen LogP contribution in [0.3, 0.4) is 0 Å². The molecule has 0 radical (unpaired) electrons. The monoisotopic (exact) mass is 318 g/mol. The highest BCUT2D eigenvalue weighted by molar-refractivity contribution is 7.09. The molecule has 0 fully saturated rings. The minimum Gasteiger partial charge on any atom is -0.461 e. The van der Waals surface area contributed by atoms with Gasteiger partial charge in [-0.2, -0.15) is 14.6 Å². The Morgan fingerprint density at radius 3 is 3.18 bits per heavy atom. The van der Waals surface area contributed by atoms with Gasteiger partial charge < -0.3 is 10.1 Å². The average molecular weight is 318 g/mol. The molecule has 0 aliphatic carbocycles. The molecule has 22 heavy (non-hydrogen) atoms. The topological polar surface area (TPSA) is 94.3 Å². The molecule has 9 heteroatoms. The Morgan fingerprint density at radius 2 is 2.36 bits per heavy atom. The fraction of sp³-hybridized carbons (Fsp3) is 0.308. The van der Waals surface area contributed by atoms with Crippen LogP contribution in [0.15, 0.2) is 24.0 Å². The van der Waals surface area contributed by atoms with Gasteiger partial charge in [-0.3, -0.25) is 0 Å². The van der Waals surface area contributed by atoms with Crippen molar-refractivity contribution < 1.29 is 9.53 Å². The number of hydrogen-bond acceptors (Lipinski definition) is 8. The normalized spacial score (nSPS) is 12.3. The van der Waals surface area contributed by atoms with Crippen LogP contribution < -0.4 is 5.32 Å². The summed E-state index contributed by atoms with van der Waals surface area (Å²) in [6.07, 6.45) is 3.10. The number of fused-ring (bicyclic) bond motifs is 1. The number of ether oxygens (including phenoxy) is 1. The lowest BCUT2D eigenvalue weighted by atomic mass is 10.3. The molecule has 1 atom stereocenters. The molecule has 0 aromatic carbocycles. The summed E-state index contributed by atoms with van der Waals surface area (Å²) >= 11 is 1.40. The van der Waals surface area contributed by atoms with Crippen molar-refractivity contribution >= 4 is 28.9 Å². The summed E-state index contributed by atoms with van der Waals surface area (Å²) in [4.78, 5) is 24.1. The Bertz CT molecular complexity index is 799. The molecule has 0 aliphatic rings. The number of hydrogen-bond donors (Lipinski definition) is 1. The predicted octanol–water partition coefficient (Wildman–Crippen LogP) is 1.93. The first-order valence-corrected chi connectivity index (χ1v) is 7.61. The molecule has 114 valence electrons. The van der Waals surface area contributed by atoms with Crippen molar-refractivity contribution in [2.45, 2.75) is 19.9 Å². The third-order valence-electron chi connectivity index (χ3n) is 2.92. The lowest BCUT2D eigenvalue weighted by molar-refractivity contribution is 0.0520. The van der Waals surface area contributed by atoms with E-state index in [9.17, 15) is 4.79 Å². The number of carbonyl (C=O) groups excluding carboxylic acids is 1. The molecule has 3 rings (SSSR count). The molecule has 3 aromatic heterocycles.